The zero-order valence-corrected chi connectivity index (χ0v) is 12.2. The maximum absolute atomic E-state index is 12.2. The number of benzene rings is 1. The van der Waals surface area contributed by atoms with E-state index in [0.29, 0.717) is 15.4 Å². The topological polar surface area (TPSA) is 37.8 Å². The van der Waals surface area contributed by atoms with Crippen molar-refractivity contribution >= 4 is 27.5 Å². The van der Waals surface area contributed by atoms with Crippen molar-refractivity contribution in [3.63, 3.8) is 0 Å². The highest BCUT2D eigenvalue weighted by Gasteiger charge is 2.29. The number of aromatic nitrogens is 2. The van der Waals surface area contributed by atoms with Gasteiger partial charge in [-0.05, 0) is 53.4 Å². The molecule has 0 bridgehead atoms. The van der Waals surface area contributed by atoms with E-state index in [9.17, 15) is 4.79 Å². The Morgan fingerprint density at radius 3 is 2.78 bits per heavy atom. The van der Waals surface area contributed by atoms with Gasteiger partial charge in [0.15, 0.2) is 0 Å². The van der Waals surface area contributed by atoms with Crippen molar-refractivity contribution < 1.29 is 0 Å². The van der Waals surface area contributed by atoms with E-state index in [0.717, 1.165) is 29.8 Å². The molecule has 2 aromatic rings. The maximum Gasteiger partial charge on any atom is 0.285 e. The van der Waals surface area contributed by atoms with E-state index in [2.05, 4.69) is 21.0 Å². The number of nitrogens with zero attached hydrogens (tertiary/aromatic N) is 1. The van der Waals surface area contributed by atoms with Crippen molar-refractivity contribution in [3.05, 3.63) is 49.3 Å². The van der Waals surface area contributed by atoms with Gasteiger partial charge in [-0.25, -0.2) is 4.68 Å². The first-order valence-corrected chi connectivity index (χ1v) is 7.02. The smallest absolute Gasteiger partial charge is 0.285 e. The molecule has 94 valence electrons. The first kappa shape index (κ1) is 12.1. The van der Waals surface area contributed by atoms with Crippen LogP contribution in [0.3, 0.4) is 0 Å². The molecule has 18 heavy (non-hydrogen) atoms. The van der Waals surface area contributed by atoms with Crippen LogP contribution in [0, 0.1) is 6.92 Å². The average Bonchev–Trinajstić information content (AvgIpc) is 3.13. The molecule has 1 N–H and O–H groups in total. The Kier molecular flexibility index (Phi) is 2.87. The van der Waals surface area contributed by atoms with Crippen molar-refractivity contribution in [3.8, 4) is 5.69 Å². The van der Waals surface area contributed by atoms with Gasteiger partial charge in [0, 0.05) is 10.9 Å². The SMILES string of the molecule is Cc1ccc(-n2[nH]c(C3CC3)c(Br)c2=O)cc1Cl. The van der Waals surface area contributed by atoms with Crippen LogP contribution < -0.4 is 5.56 Å². The summed E-state index contributed by atoms with van der Waals surface area (Å²) < 4.78 is 2.19. The Hall–Kier alpha value is -1.000. The van der Waals surface area contributed by atoms with Crippen molar-refractivity contribution in [2.24, 2.45) is 0 Å². The minimum Gasteiger partial charge on any atom is -0.294 e. The molecular weight excluding hydrogens is 316 g/mol. The fourth-order valence-corrected chi connectivity index (χ4v) is 2.74. The molecule has 3 rings (SSSR count). The number of aryl methyl sites for hydroxylation is 1. The van der Waals surface area contributed by atoms with E-state index in [1.165, 1.54) is 0 Å². The van der Waals surface area contributed by atoms with Crippen molar-refractivity contribution in [1.82, 2.24) is 9.78 Å². The van der Waals surface area contributed by atoms with Crippen LogP contribution in [-0.2, 0) is 0 Å². The number of nitrogens with one attached hydrogen (secondary N) is 1. The number of hydrogen-bond donors (Lipinski definition) is 1. The molecule has 1 fully saturated rings. The predicted molar refractivity (Wildman–Crippen MR) is 75.8 cm³/mol. The molecule has 0 aliphatic heterocycles. The van der Waals surface area contributed by atoms with Gasteiger partial charge in [-0.3, -0.25) is 9.89 Å². The standard InChI is InChI=1S/C13H12BrClN2O/c1-7-2-5-9(6-10(7)15)17-13(18)11(14)12(16-17)8-3-4-8/h2,5-6,8,16H,3-4H2,1H3. The quantitative estimate of drug-likeness (QED) is 0.896. The third-order valence-electron chi connectivity index (χ3n) is 3.26. The van der Waals surface area contributed by atoms with Crippen LogP contribution in [0.4, 0.5) is 0 Å². The van der Waals surface area contributed by atoms with Gasteiger partial charge in [0.1, 0.15) is 4.47 Å². The Bertz CT molecular complexity index is 670. The van der Waals surface area contributed by atoms with Crippen LogP contribution in [-0.4, -0.2) is 9.78 Å². The third-order valence-corrected chi connectivity index (χ3v) is 4.43. The zero-order chi connectivity index (χ0) is 12.9. The summed E-state index contributed by atoms with van der Waals surface area (Å²) in [6, 6.07) is 5.61. The minimum absolute atomic E-state index is 0.0585. The second-order valence-corrected chi connectivity index (χ2v) is 5.89. The molecule has 0 unspecified atom stereocenters. The number of halogens is 2. The molecule has 0 saturated heterocycles. The highest BCUT2D eigenvalue weighted by molar-refractivity contribution is 9.10. The lowest BCUT2D eigenvalue weighted by Crippen LogP contribution is -2.14. The van der Waals surface area contributed by atoms with Crippen LogP contribution in [0.15, 0.2) is 27.5 Å². The van der Waals surface area contributed by atoms with Gasteiger partial charge in [-0.1, -0.05) is 17.7 Å². The average molecular weight is 328 g/mol. The van der Waals surface area contributed by atoms with Crippen LogP contribution in [0.1, 0.15) is 30.0 Å². The summed E-state index contributed by atoms with van der Waals surface area (Å²) >= 11 is 9.47. The van der Waals surface area contributed by atoms with Gasteiger partial charge in [-0.2, -0.15) is 0 Å². The molecule has 1 aromatic carbocycles. The minimum atomic E-state index is -0.0585. The van der Waals surface area contributed by atoms with Crippen LogP contribution in [0.5, 0.6) is 0 Å². The van der Waals surface area contributed by atoms with Gasteiger partial charge >= 0.3 is 0 Å². The van der Waals surface area contributed by atoms with E-state index in [1.54, 1.807) is 10.7 Å². The highest BCUT2D eigenvalue weighted by atomic mass is 79.9. The molecule has 1 aliphatic carbocycles. The molecule has 1 aromatic heterocycles. The van der Waals surface area contributed by atoms with Gasteiger partial charge in [0.2, 0.25) is 0 Å². The van der Waals surface area contributed by atoms with Gasteiger partial charge < -0.3 is 0 Å². The second-order valence-electron chi connectivity index (χ2n) is 4.69. The molecule has 1 heterocycles. The molecule has 1 saturated carbocycles. The fraction of sp³-hybridized carbons (Fsp3) is 0.308. The van der Waals surface area contributed by atoms with Crippen LogP contribution in [0.25, 0.3) is 5.69 Å². The molecule has 0 atom stereocenters. The van der Waals surface area contributed by atoms with Gasteiger partial charge in [-0.15, -0.1) is 0 Å². The Morgan fingerprint density at radius 2 is 2.17 bits per heavy atom. The monoisotopic (exact) mass is 326 g/mol. The van der Waals surface area contributed by atoms with Crippen molar-refractivity contribution in [2.75, 3.05) is 0 Å². The summed E-state index contributed by atoms with van der Waals surface area (Å²) in [5.74, 6) is 0.495. The first-order valence-electron chi connectivity index (χ1n) is 5.85. The summed E-state index contributed by atoms with van der Waals surface area (Å²) in [6.45, 7) is 1.94. The largest absolute Gasteiger partial charge is 0.294 e. The first-order chi connectivity index (χ1) is 8.58. The van der Waals surface area contributed by atoms with Crippen LogP contribution in [0.2, 0.25) is 5.02 Å². The zero-order valence-electron chi connectivity index (χ0n) is 9.84. The maximum atomic E-state index is 12.2. The summed E-state index contributed by atoms with van der Waals surface area (Å²) in [4.78, 5) is 12.2. The molecule has 3 nitrogen and oxygen atoms in total. The van der Waals surface area contributed by atoms with Gasteiger partial charge in [0.25, 0.3) is 5.56 Å². The number of hydrogen-bond acceptors (Lipinski definition) is 1. The van der Waals surface area contributed by atoms with Crippen molar-refractivity contribution in [1.29, 1.82) is 0 Å². The summed E-state index contributed by atoms with van der Waals surface area (Å²) in [6.07, 6.45) is 2.29. The van der Waals surface area contributed by atoms with Crippen LogP contribution >= 0.6 is 27.5 Å². The Morgan fingerprint density at radius 1 is 1.44 bits per heavy atom. The van der Waals surface area contributed by atoms with E-state index in [-0.39, 0.29) is 5.56 Å². The summed E-state index contributed by atoms with van der Waals surface area (Å²) in [5, 5.41) is 3.84. The second kappa shape index (κ2) is 4.28. The molecule has 5 heteroatoms. The van der Waals surface area contributed by atoms with E-state index in [4.69, 9.17) is 11.6 Å². The highest BCUT2D eigenvalue weighted by Crippen LogP contribution is 2.41. The number of H-pyrrole nitrogens is 1. The molecular formula is C13H12BrClN2O. The molecule has 0 amide bonds. The van der Waals surface area contributed by atoms with E-state index < -0.39 is 0 Å². The predicted octanol–water partition coefficient (Wildman–Crippen LogP) is 3.77. The Balaban J connectivity index is 2.13. The number of aromatic amines is 1. The molecule has 0 radical (unpaired) electrons. The third kappa shape index (κ3) is 1.93. The lowest BCUT2D eigenvalue weighted by Gasteiger charge is -2.04. The molecule has 0 spiro atoms. The number of rotatable bonds is 2. The van der Waals surface area contributed by atoms with E-state index in [1.807, 2.05) is 19.1 Å². The molecule has 1 aliphatic rings. The lowest BCUT2D eigenvalue weighted by molar-refractivity contribution is 0.816. The lowest BCUT2D eigenvalue weighted by atomic mass is 10.2. The summed E-state index contributed by atoms with van der Waals surface area (Å²) in [5.41, 5.74) is 2.71. The van der Waals surface area contributed by atoms with Gasteiger partial charge in [0.05, 0.1) is 11.4 Å². The normalized spacial score (nSPS) is 15.1. The van der Waals surface area contributed by atoms with Crippen molar-refractivity contribution in [2.45, 2.75) is 25.7 Å². The van der Waals surface area contributed by atoms with E-state index >= 15 is 0 Å². The summed E-state index contributed by atoms with van der Waals surface area (Å²) in [7, 11) is 0. The fourth-order valence-electron chi connectivity index (χ4n) is 1.98. The Labute approximate surface area is 118 Å².